The van der Waals surface area contributed by atoms with Crippen LogP contribution < -0.4 is 11.1 Å². The van der Waals surface area contributed by atoms with Crippen LogP contribution in [0, 0.1) is 5.92 Å². The Balaban J connectivity index is 2.14. The highest BCUT2D eigenvalue weighted by molar-refractivity contribution is 9.10. The van der Waals surface area contributed by atoms with Crippen molar-refractivity contribution in [1.82, 2.24) is 0 Å². The second-order valence-electron chi connectivity index (χ2n) is 4.25. The van der Waals surface area contributed by atoms with E-state index in [4.69, 9.17) is 5.73 Å². The molecule has 1 aromatic rings. The molecule has 3 nitrogen and oxygen atoms in total. The lowest BCUT2D eigenvalue weighted by molar-refractivity contribution is -0.118. The van der Waals surface area contributed by atoms with Crippen molar-refractivity contribution >= 4 is 27.5 Å². The average Bonchev–Trinajstić information content (AvgIpc) is 2.89. The molecule has 2 unspecified atom stereocenters. The van der Waals surface area contributed by atoms with Crippen molar-refractivity contribution in [1.29, 1.82) is 0 Å². The predicted octanol–water partition coefficient (Wildman–Crippen LogP) is 1.62. The number of halogens is 1. The summed E-state index contributed by atoms with van der Waals surface area (Å²) >= 11 is 3.44. The summed E-state index contributed by atoms with van der Waals surface area (Å²) in [6, 6.07) is 5.92. The maximum absolute atomic E-state index is 11.9. The minimum atomic E-state index is -0.312. The van der Waals surface area contributed by atoms with Crippen molar-refractivity contribution in [3.8, 4) is 0 Å². The summed E-state index contributed by atoms with van der Waals surface area (Å²) in [6.45, 7) is 0.583. The number of carbonyl (C=O) groups is 1. The van der Waals surface area contributed by atoms with E-state index in [1.807, 2.05) is 18.2 Å². The zero-order valence-electron chi connectivity index (χ0n) is 8.09. The van der Waals surface area contributed by atoms with Crippen molar-refractivity contribution in [2.45, 2.75) is 11.8 Å². The zero-order chi connectivity index (χ0) is 10.6. The van der Waals surface area contributed by atoms with Gasteiger partial charge in [-0.2, -0.15) is 0 Å². The van der Waals surface area contributed by atoms with Gasteiger partial charge in [0.25, 0.3) is 0 Å². The van der Waals surface area contributed by atoms with E-state index in [2.05, 4.69) is 21.2 Å². The largest absolute Gasteiger partial charge is 0.330 e. The Morgan fingerprint density at radius 1 is 1.60 bits per heavy atom. The van der Waals surface area contributed by atoms with Crippen molar-refractivity contribution < 1.29 is 4.79 Å². The lowest BCUT2D eigenvalue weighted by Gasteiger charge is -2.07. The van der Waals surface area contributed by atoms with Gasteiger partial charge in [-0.15, -0.1) is 0 Å². The number of benzene rings is 1. The van der Waals surface area contributed by atoms with Crippen LogP contribution in [-0.2, 0) is 10.2 Å². The molecule has 0 radical (unpaired) electrons. The second kappa shape index (κ2) is 2.83. The van der Waals surface area contributed by atoms with Crippen molar-refractivity contribution in [2.24, 2.45) is 11.7 Å². The van der Waals surface area contributed by atoms with Gasteiger partial charge in [-0.3, -0.25) is 4.79 Å². The van der Waals surface area contributed by atoms with Gasteiger partial charge in [0.2, 0.25) is 5.91 Å². The first-order valence-corrected chi connectivity index (χ1v) is 5.79. The minimum absolute atomic E-state index is 0.117. The van der Waals surface area contributed by atoms with E-state index < -0.39 is 0 Å². The molecule has 2 aliphatic rings. The maximum Gasteiger partial charge on any atom is 0.235 e. The highest BCUT2D eigenvalue weighted by atomic mass is 79.9. The van der Waals surface area contributed by atoms with Crippen molar-refractivity contribution in [3.05, 3.63) is 28.2 Å². The molecule has 1 saturated carbocycles. The van der Waals surface area contributed by atoms with E-state index in [0.29, 0.717) is 12.5 Å². The molecule has 1 aromatic carbocycles. The maximum atomic E-state index is 11.9. The summed E-state index contributed by atoms with van der Waals surface area (Å²) in [4.78, 5) is 11.9. The van der Waals surface area contributed by atoms with Gasteiger partial charge >= 0.3 is 0 Å². The molecule has 3 rings (SSSR count). The van der Waals surface area contributed by atoms with Crippen LogP contribution in [0.5, 0.6) is 0 Å². The minimum Gasteiger partial charge on any atom is -0.330 e. The molecule has 0 saturated heterocycles. The summed E-state index contributed by atoms with van der Waals surface area (Å²) in [5.41, 5.74) is 7.39. The summed E-state index contributed by atoms with van der Waals surface area (Å²) in [5, 5.41) is 2.93. The van der Waals surface area contributed by atoms with Crippen LogP contribution in [0.4, 0.5) is 5.69 Å². The number of nitrogens with two attached hydrogens (primary N) is 1. The molecule has 1 spiro atoms. The Morgan fingerprint density at radius 2 is 2.40 bits per heavy atom. The molecular formula is C11H11BrN2O. The Morgan fingerprint density at radius 3 is 3.07 bits per heavy atom. The molecule has 1 fully saturated rings. The van der Waals surface area contributed by atoms with Crippen molar-refractivity contribution in [2.75, 3.05) is 11.9 Å². The van der Waals surface area contributed by atoms with Gasteiger partial charge in [0.05, 0.1) is 5.41 Å². The van der Waals surface area contributed by atoms with Crippen LogP contribution in [0.25, 0.3) is 0 Å². The number of rotatable bonds is 1. The Labute approximate surface area is 96.2 Å². The molecule has 1 aliphatic heterocycles. The monoisotopic (exact) mass is 266 g/mol. The molecule has 3 N–H and O–H groups in total. The summed E-state index contributed by atoms with van der Waals surface area (Å²) in [5.74, 6) is 0.430. The SMILES string of the molecule is NCC1CC12C(=O)Nc1ccc(Br)cc12. The van der Waals surface area contributed by atoms with E-state index in [9.17, 15) is 4.79 Å². The van der Waals surface area contributed by atoms with Crippen LogP contribution in [-0.4, -0.2) is 12.5 Å². The third kappa shape index (κ3) is 1.06. The molecule has 2 atom stereocenters. The molecule has 15 heavy (non-hydrogen) atoms. The average molecular weight is 267 g/mol. The highest BCUT2D eigenvalue weighted by Crippen LogP contribution is 2.59. The fourth-order valence-electron chi connectivity index (χ4n) is 2.57. The molecule has 78 valence electrons. The quantitative estimate of drug-likeness (QED) is 0.812. The summed E-state index contributed by atoms with van der Waals surface area (Å²) in [7, 11) is 0. The number of fused-ring (bicyclic) bond motifs is 2. The van der Waals surface area contributed by atoms with Gasteiger partial charge in [-0.25, -0.2) is 0 Å². The molecule has 1 amide bonds. The summed E-state index contributed by atoms with van der Waals surface area (Å²) < 4.78 is 1.01. The van der Waals surface area contributed by atoms with Crippen LogP contribution in [0.2, 0.25) is 0 Å². The van der Waals surface area contributed by atoms with Crippen LogP contribution in [0.3, 0.4) is 0 Å². The van der Waals surface area contributed by atoms with Gasteiger partial charge in [0.1, 0.15) is 0 Å². The molecule has 4 heteroatoms. The smallest absolute Gasteiger partial charge is 0.235 e. The van der Waals surface area contributed by atoms with Gasteiger partial charge in [0, 0.05) is 10.2 Å². The van der Waals surface area contributed by atoms with E-state index in [1.165, 1.54) is 0 Å². The fraction of sp³-hybridized carbons (Fsp3) is 0.364. The third-order valence-electron chi connectivity index (χ3n) is 3.51. The van der Waals surface area contributed by atoms with E-state index in [-0.39, 0.29) is 11.3 Å². The number of amides is 1. The Hall–Kier alpha value is -0.870. The van der Waals surface area contributed by atoms with Gasteiger partial charge in [-0.1, -0.05) is 15.9 Å². The standard InChI is InChI=1S/C11H11BrN2O/c12-7-1-2-9-8(3-7)11(10(15)14-9)4-6(11)5-13/h1-3,6H,4-5,13H2,(H,14,15). The molecule has 1 aliphatic carbocycles. The molecular weight excluding hydrogens is 256 g/mol. The van der Waals surface area contributed by atoms with E-state index >= 15 is 0 Å². The number of anilines is 1. The number of hydrogen-bond acceptors (Lipinski definition) is 2. The number of carbonyl (C=O) groups excluding carboxylic acids is 1. The first kappa shape index (κ1) is 9.36. The molecule has 0 aromatic heterocycles. The third-order valence-corrected chi connectivity index (χ3v) is 4.00. The Bertz CT molecular complexity index is 460. The van der Waals surface area contributed by atoms with E-state index in [0.717, 1.165) is 22.1 Å². The predicted molar refractivity (Wildman–Crippen MR) is 61.6 cm³/mol. The van der Waals surface area contributed by atoms with E-state index in [1.54, 1.807) is 0 Å². The van der Waals surface area contributed by atoms with Crippen molar-refractivity contribution in [3.63, 3.8) is 0 Å². The summed E-state index contributed by atoms with van der Waals surface area (Å²) in [6.07, 6.45) is 0.888. The van der Waals surface area contributed by atoms with Crippen LogP contribution in [0.1, 0.15) is 12.0 Å². The first-order chi connectivity index (χ1) is 7.18. The fourth-order valence-corrected chi connectivity index (χ4v) is 2.93. The number of hydrogen-bond donors (Lipinski definition) is 2. The van der Waals surface area contributed by atoms with Gasteiger partial charge in [0.15, 0.2) is 0 Å². The molecule has 1 heterocycles. The topological polar surface area (TPSA) is 55.1 Å². The van der Waals surface area contributed by atoms with Crippen LogP contribution in [0.15, 0.2) is 22.7 Å². The normalized spacial score (nSPS) is 31.6. The highest BCUT2D eigenvalue weighted by Gasteiger charge is 2.63. The second-order valence-corrected chi connectivity index (χ2v) is 5.17. The number of nitrogens with one attached hydrogen (secondary N) is 1. The zero-order valence-corrected chi connectivity index (χ0v) is 9.67. The van der Waals surface area contributed by atoms with Gasteiger partial charge in [-0.05, 0) is 42.6 Å². The Kier molecular flexibility index (Phi) is 1.77. The lowest BCUT2D eigenvalue weighted by Crippen LogP contribution is -2.23. The van der Waals surface area contributed by atoms with Crippen LogP contribution >= 0.6 is 15.9 Å². The molecule has 0 bridgehead atoms. The lowest BCUT2D eigenvalue weighted by atomic mass is 9.95. The van der Waals surface area contributed by atoms with Gasteiger partial charge < -0.3 is 11.1 Å². The first-order valence-electron chi connectivity index (χ1n) is 5.00.